The predicted octanol–water partition coefficient (Wildman–Crippen LogP) is -0.208. The molecule has 0 aliphatic rings. The molecule has 0 saturated heterocycles. The largest absolute Gasteiger partial charge is 0.434 e. The van der Waals surface area contributed by atoms with E-state index in [1.165, 1.54) is 25.1 Å². The van der Waals surface area contributed by atoms with Gasteiger partial charge in [-0.2, -0.15) is 0 Å². The Bertz CT molecular complexity index is 723. The van der Waals surface area contributed by atoms with Crippen LogP contribution in [0.2, 0.25) is 0 Å². The number of hydrogen-bond donors (Lipinski definition) is 3. The minimum Gasteiger partial charge on any atom is -0.351 e. The Labute approximate surface area is 119 Å². The number of nitrogens with zero attached hydrogens (tertiary/aromatic N) is 2. The number of aliphatic hydroxyl groups excluding tert-OH is 1. The molecule has 3 N–H and O–H groups in total. The average molecular weight is 293 g/mol. The van der Waals surface area contributed by atoms with E-state index in [-0.39, 0.29) is 5.69 Å². The van der Waals surface area contributed by atoms with Crippen molar-refractivity contribution in [1.82, 2.24) is 9.63 Å². The van der Waals surface area contributed by atoms with E-state index < -0.39 is 18.1 Å². The summed E-state index contributed by atoms with van der Waals surface area (Å²) in [5.41, 5.74) is -0.428. The number of aromatic nitrogens is 1. The van der Waals surface area contributed by atoms with E-state index >= 15 is 0 Å². The van der Waals surface area contributed by atoms with Gasteiger partial charge < -0.3 is 25.3 Å². The summed E-state index contributed by atoms with van der Waals surface area (Å²) in [4.78, 5) is 30.1. The molecule has 2 rings (SSSR count). The highest BCUT2D eigenvalue weighted by atomic mass is 16.7. The fourth-order valence-corrected chi connectivity index (χ4v) is 1.72. The Morgan fingerprint density at radius 3 is 2.62 bits per heavy atom. The van der Waals surface area contributed by atoms with Crippen LogP contribution < -0.4 is 15.7 Å². The van der Waals surface area contributed by atoms with Gasteiger partial charge in [-0.3, -0.25) is 4.79 Å². The number of amides is 1. The molecular weight excluding hydrogens is 278 g/mol. The zero-order valence-corrected chi connectivity index (χ0v) is 11.5. The lowest BCUT2D eigenvalue weighted by Gasteiger charge is -2.16. The van der Waals surface area contributed by atoms with Gasteiger partial charge in [0, 0.05) is 19.5 Å². The van der Waals surface area contributed by atoms with Crippen LogP contribution >= 0.6 is 0 Å². The maximum atomic E-state index is 12.3. The van der Waals surface area contributed by atoms with Gasteiger partial charge in [0.05, 0.1) is 5.52 Å². The number of aliphatic hydroxyl groups is 2. The molecule has 0 unspecified atom stereocenters. The van der Waals surface area contributed by atoms with Crippen molar-refractivity contribution in [2.24, 2.45) is 0 Å². The molecule has 1 aromatic heterocycles. The molecule has 0 radical (unpaired) electrons. The second-order valence-electron chi connectivity index (χ2n) is 4.49. The van der Waals surface area contributed by atoms with Gasteiger partial charge in [0.2, 0.25) is 6.41 Å². The molecule has 8 heteroatoms. The first-order valence-corrected chi connectivity index (χ1v) is 6.07. The zero-order chi connectivity index (χ0) is 15.6. The summed E-state index contributed by atoms with van der Waals surface area (Å²) in [6.45, 7) is 0. The summed E-state index contributed by atoms with van der Waals surface area (Å²) >= 11 is 0. The van der Waals surface area contributed by atoms with Gasteiger partial charge in [-0.25, -0.2) is 4.79 Å². The van der Waals surface area contributed by atoms with E-state index in [1.807, 2.05) is 0 Å². The van der Waals surface area contributed by atoms with E-state index in [0.717, 1.165) is 4.73 Å². The first-order valence-electron chi connectivity index (χ1n) is 6.07. The number of nitrogens with one attached hydrogen (secondary N) is 1. The molecule has 1 aromatic carbocycles. The number of para-hydroxylation sites is 1. The third-order valence-corrected chi connectivity index (χ3v) is 2.69. The molecular formula is C13H15N3O5. The Balaban J connectivity index is 2.62. The number of hydrogen-bond acceptors (Lipinski definition) is 6. The SMILES string of the molecule is CN(C)C(=O)On1c(=O)c(NC(O)O)cc2ccccc21. The average Bonchev–Trinajstić information content (AvgIpc) is 2.42. The maximum absolute atomic E-state index is 12.3. The highest BCUT2D eigenvalue weighted by Gasteiger charge is 2.15. The van der Waals surface area contributed by atoms with Crippen LogP contribution in [0.3, 0.4) is 0 Å². The summed E-state index contributed by atoms with van der Waals surface area (Å²) in [6.07, 6.45) is -2.64. The van der Waals surface area contributed by atoms with Gasteiger partial charge in [0.25, 0.3) is 0 Å². The quantitative estimate of drug-likeness (QED) is 0.677. The number of benzene rings is 1. The molecule has 0 aliphatic carbocycles. The standard InChI is InChI=1S/C13H15N3O5/c1-15(2)13(20)21-16-10-6-4-3-5-8(10)7-9(11(16)17)14-12(18)19/h3-7,12,14,18-19H,1-2H3. The van der Waals surface area contributed by atoms with Crippen LogP contribution in [0, 0.1) is 0 Å². The van der Waals surface area contributed by atoms with Gasteiger partial charge in [-0.05, 0) is 12.1 Å². The summed E-state index contributed by atoms with van der Waals surface area (Å²) in [5, 5.41) is 20.7. The number of rotatable bonds is 3. The van der Waals surface area contributed by atoms with Crippen LogP contribution in [0.4, 0.5) is 10.5 Å². The number of fused-ring (bicyclic) bond motifs is 1. The first-order chi connectivity index (χ1) is 9.90. The third-order valence-electron chi connectivity index (χ3n) is 2.69. The number of carbonyl (C=O) groups is 1. The minimum atomic E-state index is -1.91. The molecule has 2 aromatic rings. The Morgan fingerprint density at radius 1 is 1.33 bits per heavy atom. The second-order valence-corrected chi connectivity index (χ2v) is 4.49. The Hall–Kier alpha value is -2.58. The lowest BCUT2D eigenvalue weighted by molar-refractivity contribution is -0.0149. The van der Waals surface area contributed by atoms with Crippen LogP contribution in [0.25, 0.3) is 10.9 Å². The van der Waals surface area contributed by atoms with Gasteiger partial charge in [0.1, 0.15) is 5.69 Å². The van der Waals surface area contributed by atoms with Crippen molar-refractivity contribution in [2.75, 3.05) is 19.4 Å². The molecule has 0 bridgehead atoms. The monoisotopic (exact) mass is 293 g/mol. The summed E-state index contributed by atoms with van der Waals surface area (Å²) < 4.78 is 0.808. The van der Waals surface area contributed by atoms with E-state index in [0.29, 0.717) is 10.9 Å². The maximum Gasteiger partial charge on any atom is 0.434 e. The van der Waals surface area contributed by atoms with Crippen LogP contribution in [0.5, 0.6) is 0 Å². The van der Waals surface area contributed by atoms with Crippen LogP contribution in [0.15, 0.2) is 35.1 Å². The molecule has 1 amide bonds. The van der Waals surface area contributed by atoms with Crippen LogP contribution in [-0.4, -0.2) is 46.4 Å². The van der Waals surface area contributed by atoms with Crippen LogP contribution in [-0.2, 0) is 0 Å². The Morgan fingerprint density at radius 2 is 2.00 bits per heavy atom. The molecule has 0 atom stereocenters. The topological polar surface area (TPSA) is 104 Å². The van der Waals surface area contributed by atoms with Crippen molar-refractivity contribution in [2.45, 2.75) is 6.41 Å². The molecule has 0 fully saturated rings. The fraction of sp³-hybridized carbons (Fsp3) is 0.231. The van der Waals surface area contributed by atoms with E-state index in [2.05, 4.69) is 5.32 Å². The van der Waals surface area contributed by atoms with Crippen molar-refractivity contribution in [3.63, 3.8) is 0 Å². The highest BCUT2D eigenvalue weighted by Crippen LogP contribution is 2.15. The van der Waals surface area contributed by atoms with Crippen molar-refractivity contribution in [1.29, 1.82) is 0 Å². The Kier molecular flexibility index (Phi) is 4.10. The van der Waals surface area contributed by atoms with Crippen molar-refractivity contribution in [3.05, 3.63) is 40.7 Å². The fourth-order valence-electron chi connectivity index (χ4n) is 1.72. The second kappa shape index (κ2) is 5.81. The summed E-state index contributed by atoms with van der Waals surface area (Å²) in [5.74, 6) is 0. The van der Waals surface area contributed by atoms with Gasteiger partial charge >= 0.3 is 11.7 Å². The van der Waals surface area contributed by atoms with Crippen molar-refractivity contribution < 1.29 is 19.8 Å². The molecule has 112 valence electrons. The molecule has 21 heavy (non-hydrogen) atoms. The van der Waals surface area contributed by atoms with E-state index in [4.69, 9.17) is 15.1 Å². The zero-order valence-electron chi connectivity index (χ0n) is 11.5. The number of anilines is 1. The third kappa shape index (κ3) is 3.12. The molecule has 8 nitrogen and oxygen atoms in total. The summed E-state index contributed by atoms with van der Waals surface area (Å²) in [7, 11) is 2.96. The number of pyridine rings is 1. The minimum absolute atomic E-state index is 0.102. The van der Waals surface area contributed by atoms with E-state index in [9.17, 15) is 9.59 Å². The van der Waals surface area contributed by atoms with Gasteiger partial charge in [-0.15, -0.1) is 4.73 Å². The normalized spacial score (nSPS) is 10.7. The smallest absolute Gasteiger partial charge is 0.351 e. The molecule has 0 aliphatic heterocycles. The van der Waals surface area contributed by atoms with Crippen molar-refractivity contribution in [3.8, 4) is 0 Å². The number of carbonyl (C=O) groups excluding carboxylic acids is 1. The lowest BCUT2D eigenvalue weighted by Crippen LogP contribution is -2.38. The van der Waals surface area contributed by atoms with Gasteiger partial charge in [-0.1, -0.05) is 18.2 Å². The van der Waals surface area contributed by atoms with Crippen molar-refractivity contribution >= 4 is 22.7 Å². The van der Waals surface area contributed by atoms with Crippen LogP contribution in [0.1, 0.15) is 0 Å². The first kappa shape index (κ1) is 14.8. The summed E-state index contributed by atoms with van der Waals surface area (Å²) in [6, 6.07) is 8.18. The van der Waals surface area contributed by atoms with Gasteiger partial charge in [0.15, 0.2) is 0 Å². The van der Waals surface area contributed by atoms with E-state index in [1.54, 1.807) is 24.3 Å². The molecule has 1 heterocycles. The highest BCUT2D eigenvalue weighted by molar-refractivity contribution is 5.82. The lowest BCUT2D eigenvalue weighted by atomic mass is 10.2. The molecule has 0 spiro atoms. The molecule has 0 saturated carbocycles. The predicted molar refractivity (Wildman–Crippen MR) is 75.7 cm³/mol.